The number of carbonyl (C=O) groups excluding carboxylic acids is 2. The van der Waals surface area contributed by atoms with Gasteiger partial charge < -0.3 is 15.1 Å². The lowest BCUT2D eigenvalue weighted by Gasteiger charge is -2.31. The Morgan fingerprint density at radius 3 is 2.26 bits per heavy atom. The van der Waals surface area contributed by atoms with E-state index < -0.39 is 6.04 Å². The Labute approximate surface area is 238 Å². The van der Waals surface area contributed by atoms with E-state index in [2.05, 4.69) is 15.3 Å². The number of aromatic nitrogens is 2. The van der Waals surface area contributed by atoms with E-state index in [0.29, 0.717) is 17.4 Å². The van der Waals surface area contributed by atoms with Crippen LogP contribution in [0.2, 0.25) is 0 Å². The standard InChI is InChI=1S/C30H33N5O2S2/c1-20-9-6-7-10-23(20)18-35(27(36)19-39-30-31-21(2)17-22(3)32-30)28(26-11-8-16-38-26)29(37)33-24-12-14-25(15-13-24)34(4)5/h6-17,28H,18-19H2,1-5H3,(H,33,37)/t28-/m1/s1. The van der Waals surface area contributed by atoms with Crippen LogP contribution in [-0.4, -0.2) is 46.5 Å². The molecule has 7 nitrogen and oxygen atoms in total. The Balaban J connectivity index is 1.65. The summed E-state index contributed by atoms with van der Waals surface area (Å²) in [6.07, 6.45) is 0. The van der Waals surface area contributed by atoms with E-state index in [4.69, 9.17) is 0 Å². The van der Waals surface area contributed by atoms with Crippen molar-refractivity contribution < 1.29 is 9.59 Å². The van der Waals surface area contributed by atoms with Crippen LogP contribution in [0.3, 0.4) is 0 Å². The summed E-state index contributed by atoms with van der Waals surface area (Å²) in [5.74, 6) is -0.311. The molecule has 9 heteroatoms. The molecule has 1 atom stereocenters. The first-order valence-corrected chi connectivity index (χ1v) is 14.5. The Morgan fingerprint density at radius 2 is 1.64 bits per heavy atom. The van der Waals surface area contributed by atoms with Gasteiger partial charge in [0.1, 0.15) is 6.04 Å². The van der Waals surface area contributed by atoms with Gasteiger partial charge in [0.15, 0.2) is 5.16 Å². The van der Waals surface area contributed by atoms with Gasteiger partial charge in [-0.2, -0.15) is 0 Å². The third-order valence-corrected chi connectivity index (χ3v) is 7.99. The number of thioether (sulfide) groups is 1. The zero-order valence-corrected chi connectivity index (χ0v) is 24.5. The van der Waals surface area contributed by atoms with Crippen LogP contribution in [-0.2, 0) is 16.1 Å². The van der Waals surface area contributed by atoms with Crippen LogP contribution in [0.1, 0.15) is 33.4 Å². The molecule has 1 N–H and O–H groups in total. The Bertz CT molecular complexity index is 1400. The smallest absolute Gasteiger partial charge is 0.252 e. The molecule has 0 unspecified atom stereocenters. The summed E-state index contributed by atoms with van der Waals surface area (Å²) < 4.78 is 0. The first-order chi connectivity index (χ1) is 18.7. The lowest BCUT2D eigenvalue weighted by atomic mass is 10.1. The average Bonchev–Trinajstić information content (AvgIpc) is 3.42. The van der Waals surface area contributed by atoms with Crippen LogP contribution in [0.5, 0.6) is 0 Å². The number of hydrogen-bond acceptors (Lipinski definition) is 7. The van der Waals surface area contributed by atoms with Crippen molar-refractivity contribution in [2.45, 2.75) is 38.5 Å². The predicted octanol–water partition coefficient (Wildman–Crippen LogP) is 6.03. The summed E-state index contributed by atoms with van der Waals surface area (Å²) in [4.78, 5) is 41.2. The number of benzene rings is 2. The third kappa shape index (κ3) is 7.46. The Hall–Kier alpha value is -3.69. The summed E-state index contributed by atoms with van der Waals surface area (Å²) in [6.45, 7) is 6.14. The Kier molecular flexibility index (Phi) is 9.37. The Morgan fingerprint density at radius 1 is 0.949 bits per heavy atom. The van der Waals surface area contributed by atoms with Crippen molar-refractivity contribution in [3.8, 4) is 0 Å². The van der Waals surface area contributed by atoms with Crippen LogP contribution in [0.4, 0.5) is 11.4 Å². The number of nitrogens with zero attached hydrogens (tertiary/aromatic N) is 4. The van der Waals surface area contributed by atoms with Gasteiger partial charge >= 0.3 is 0 Å². The van der Waals surface area contributed by atoms with Gasteiger partial charge in [0.05, 0.1) is 5.75 Å². The highest BCUT2D eigenvalue weighted by molar-refractivity contribution is 7.99. The minimum Gasteiger partial charge on any atom is -0.378 e. The molecule has 0 saturated heterocycles. The maximum Gasteiger partial charge on any atom is 0.252 e. The van der Waals surface area contributed by atoms with Gasteiger partial charge in [-0.15, -0.1) is 11.3 Å². The molecule has 39 heavy (non-hydrogen) atoms. The summed E-state index contributed by atoms with van der Waals surface area (Å²) in [5, 5.41) is 5.52. The fourth-order valence-corrected chi connectivity index (χ4v) is 5.86. The second kappa shape index (κ2) is 12.9. The molecule has 0 saturated carbocycles. The molecule has 0 radical (unpaired) electrons. The van der Waals surface area contributed by atoms with Gasteiger partial charge in [-0.25, -0.2) is 9.97 Å². The quantitative estimate of drug-likeness (QED) is 0.189. The molecule has 2 aromatic carbocycles. The fraction of sp³-hybridized carbons (Fsp3) is 0.267. The number of anilines is 2. The molecule has 0 bridgehead atoms. The van der Waals surface area contributed by atoms with E-state index in [1.54, 1.807) is 4.90 Å². The van der Waals surface area contributed by atoms with Crippen LogP contribution in [0.25, 0.3) is 0 Å². The van der Waals surface area contributed by atoms with Crippen molar-refractivity contribution in [1.29, 1.82) is 0 Å². The molecule has 2 amide bonds. The molecule has 2 heterocycles. The summed E-state index contributed by atoms with van der Waals surface area (Å²) in [7, 11) is 3.94. The van der Waals surface area contributed by atoms with Gasteiger partial charge in [0, 0.05) is 48.3 Å². The molecule has 4 aromatic rings. The highest BCUT2D eigenvalue weighted by Gasteiger charge is 2.33. The molecular weight excluding hydrogens is 526 g/mol. The maximum absolute atomic E-state index is 13.9. The SMILES string of the molecule is Cc1cc(C)nc(SCC(=O)N(Cc2ccccc2C)[C@@H](C(=O)Nc2ccc(N(C)C)cc2)c2cccs2)n1. The van der Waals surface area contributed by atoms with Gasteiger partial charge in [-0.05, 0) is 73.7 Å². The van der Waals surface area contributed by atoms with Crippen LogP contribution in [0.15, 0.2) is 77.3 Å². The van der Waals surface area contributed by atoms with Crippen molar-refractivity contribution in [3.05, 3.63) is 99.5 Å². The van der Waals surface area contributed by atoms with Gasteiger partial charge in [-0.1, -0.05) is 42.1 Å². The van der Waals surface area contributed by atoms with Crippen molar-refractivity contribution in [3.63, 3.8) is 0 Å². The van der Waals surface area contributed by atoms with Crippen molar-refractivity contribution in [2.24, 2.45) is 0 Å². The summed E-state index contributed by atoms with van der Waals surface area (Å²) in [5.41, 5.74) is 5.46. The summed E-state index contributed by atoms with van der Waals surface area (Å²) >= 11 is 2.75. The third-order valence-electron chi connectivity index (χ3n) is 6.23. The lowest BCUT2D eigenvalue weighted by Crippen LogP contribution is -2.41. The molecule has 0 aliphatic rings. The topological polar surface area (TPSA) is 78.4 Å². The lowest BCUT2D eigenvalue weighted by molar-refractivity contribution is -0.137. The minimum absolute atomic E-state index is 0.113. The van der Waals surface area contributed by atoms with E-state index >= 15 is 0 Å². The van der Waals surface area contributed by atoms with Crippen LogP contribution in [0, 0.1) is 20.8 Å². The molecule has 2 aromatic heterocycles. The largest absolute Gasteiger partial charge is 0.378 e. The van der Waals surface area contributed by atoms with E-state index in [1.165, 1.54) is 23.1 Å². The number of carbonyl (C=O) groups is 2. The number of nitrogens with one attached hydrogen (secondary N) is 1. The number of aryl methyl sites for hydroxylation is 3. The highest BCUT2D eigenvalue weighted by atomic mass is 32.2. The summed E-state index contributed by atoms with van der Waals surface area (Å²) in [6, 6.07) is 20.5. The van der Waals surface area contributed by atoms with Crippen LogP contribution < -0.4 is 10.2 Å². The van der Waals surface area contributed by atoms with E-state index in [1.807, 2.05) is 112 Å². The van der Waals surface area contributed by atoms with Crippen LogP contribution >= 0.6 is 23.1 Å². The fourth-order valence-electron chi connectivity index (χ4n) is 4.19. The number of amides is 2. The molecule has 0 spiro atoms. The minimum atomic E-state index is -0.800. The highest BCUT2D eigenvalue weighted by Crippen LogP contribution is 2.31. The monoisotopic (exact) mass is 559 g/mol. The van der Waals surface area contributed by atoms with Gasteiger partial charge in [0.25, 0.3) is 5.91 Å². The number of hydrogen-bond donors (Lipinski definition) is 1. The first-order valence-electron chi connectivity index (χ1n) is 12.6. The number of thiophene rings is 1. The van der Waals surface area contributed by atoms with Crippen molar-refractivity contribution in [2.75, 3.05) is 30.1 Å². The van der Waals surface area contributed by atoms with Gasteiger partial charge in [-0.3, -0.25) is 9.59 Å². The van der Waals surface area contributed by atoms with Crippen molar-refractivity contribution >= 4 is 46.3 Å². The van der Waals surface area contributed by atoms with Gasteiger partial charge in [0.2, 0.25) is 5.91 Å². The van der Waals surface area contributed by atoms with E-state index in [9.17, 15) is 9.59 Å². The second-order valence-corrected chi connectivity index (χ2v) is 11.4. The van der Waals surface area contributed by atoms with E-state index in [-0.39, 0.29) is 17.6 Å². The molecule has 0 fully saturated rings. The maximum atomic E-state index is 13.9. The zero-order chi connectivity index (χ0) is 27.9. The molecule has 4 rings (SSSR count). The predicted molar refractivity (Wildman–Crippen MR) is 160 cm³/mol. The molecule has 0 aliphatic carbocycles. The average molecular weight is 560 g/mol. The van der Waals surface area contributed by atoms with E-state index in [0.717, 1.165) is 33.1 Å². The zero-order valence-electron chi connectivity index (χ0n) is 22.8. The molecule has 202 valence electrons. The normalized spacial score (nSPS) is 11.6. The second-order valence-electron chi connectivity index (χ2n) is 9.52. The first kappa shape index (κ1) is 28.3. The molecular formula is C30H33N5O2S2. The number of rotatable bonds is 10. The van der Waals surface area contributed by atoms with Crippen molar-refractivity contribution in [1.82, 2.24) is 14.9 Å². The molecule has 0 aliphatic heterocycles.